The molecule has 0 bridgehead atoms. The van der Waals surface area contributed by atoms with E-state index in [0.717, 1.165) is 17.7 Å². The molecule has 0 aromatic carbocycles. The summed E-state index contributed by atoms with van der Waals surface area (Å²) in [5.74, 6) is 0.541. The SMILES string of the molecule is CCc1nn(C)cc1-c1nc(I)no1. The highest BCUT2D eigenvalue weighted by Crippen LogP contribution is 2.21. The summed E-state index contributed by atoms with van der Waals surface area (Å²) in [5, 5.41) is 8.04. The van der Waals surface area contributed by atoms with Crippen molar-refractivity contribution in [2.24, 2.45) is 7.05 Å². The van der Waals surface area contributed by atoms with Gasteiger partial charge in [-0.15, -0.1) is 0 Å². The first-order valence-electron chi connectivity index (χ1n) is 4.22. The zero-order chi connectivity index (χ0) is 10.1. The standard InChI is InChI=1S/C8H9IN4O/c1-3-6-5(4-13(2)11-6)7-10-8(9)12-14-7/h4H,3H2,1-2H3. The molecule has 0 aliphatic rings. The van der Waals surface area contributed by atoms with Crippen molar-refractivity contribution in [3.63, 3.8) is 0 Å². The Labute approximate surface area is 94.6 Å². The van der Waals surface area contributed by atoms with Crippen LogP contribution in [0.5, 0.6) is 0 Å². The quantitative estimate of drug-likeness (QED) is 0.791. The third-order valence-corrected chi connectivity index (χ3v) is 2.31. The van der Waals surface area contributed by atoms with Crippen molar-refractivity contribution < 1.29 is 4.52 Å². The monoisotopic (exact) mass is 304 g/mol. The van der Waals surface area contributed by atoms with E-state index >= 15 is 0 Å². The van der Waals surface area contributed by atoms with Gasteiger partial charge < -0.3 is 4.52 Å². The highest BCUT2D eigenvalue weighted by atomic mass is 127. The molecule has 0 fully saturated rings. The van der Waals surface area contributed by atoms with Crippen molar-refractivity contribution in [2.75, 3.05) is 0 Å². The van der Waals surface area contributed by atoms with Crippen LogP contribution in [0.15, 0.2) is 10.7 Å². The lowest BCUT2D eigenvalue weighted by atomic mass is 10.2. The van der Waals surface area contributed by atoms with E-state index in [1.165, 1.54) is 0 Å². The molecule has 6 heteroatoms. The van der Waals surface area contributed by atoms with Gasteiger partial charge in [-0.3, -0.25) is 4.68 Å². The van der Waals surface area contributed by atoms with E-state index in [2.05, 4.69) is 15.2 Å². The molecule has 0 aliphatic heterocycles. The van der Waals surface area contributed by atoms with Crippen molar-refractivity contribution >= 4 is 22.6 Å². The van der Waals surface area contributed by atoms with Gasteiger partial charge in [0.25, 0.3) is 5.89 Å². The van der Waals surface area contributed by atoms with E-state index in [9.17, 15) is 0 Å². The van der Waals surface area contributed by atoms with E-state index in [-0.39, 0.29) is 0 Å². The molecule has 5 nitrogen and oxygen atoms in total. The second kappa shape index (κ2) is 3.68. The van der Waals surface area contributed by atoms with Gasteiger partial charge >= 0.3 is 0 Å². The predicted molar refractivity (Wildman–Crippen MR) is 58.6 cm³/mol. The van der Waals surface area contributed by atoms with Crippen LogP contribution in [0.4, 0.5) is 0 Å². The maximum atomic E-state index is 5.08. The zero-order valence-electron chi connectivity index (χ0n) is 7.86. The fourth-order valence-corrected chi connectivity index (χ4v) is 1.61. The summed E-state index contributed by atoms with van der Waals surface area (Å²) in [6.45, 7) is 2.05. The Hall–Kier alpha value is -0.920. The Morgan fingerprint density at radius 1 is 1.57 bits per heavy atom. The summed E-state index contributed by atoms with van der Waals surface area (Å²) >= 11 is 2.01. The third-order valence-electron chi connectivity index (χ3n) is 1.87. The largest absolute Gasteiger partial charge is 0.333 e. The summed E-state index contributed by atoms with van der Waals surface area (Å²) in [6, 6.07) is 0. The van der Waals surface area contributed by atoms with Gasteiger partial charge in [-0.2, -0.15) is 10.1 Å². The zero-order valence-corrected chi connectivity index (χ0v) is 10.0. The third kappa shape index (κ3) is 1.66. The van der Waals surface area contributed by atoms with Crippen LogP contribution in [0.2, 0.25) is 0 Å². The maximum Gasteiger partial charge on any atom is 0.262 e. The number of halogens is 1. The molecule has 2 rings (SSSR count). The first-order valence-corrected chi connectivity index (χ1v) is 5.30. The minimum atomic E-state index is 0.541. The molecular formula is C8H9IN4O. The van der Waals surface area contributed by atoms with Crippen molar-refractivity contribution in [2.45, 2.75) is 13.3 Å². The first kappa shape index (κ1) is 9.63. The van der Waals surface area contributed by atoms with Crippen molar-refractivity contribution in [1.29, 1.82) is 0 Å². The van der Waals surface area contributed by atoms with Crippen LogP contribution in [0, 0.1) is 3.83 Å². The molecular weight excluding hydrogens is 295 g/mol. The summed E-state index contributed by atoms with van der Waals surface area (Å²) in [6.07, 6.45) is 2.75. The van der Waals surface area contributed by atoms with E-state index in [1.54, 1.807) is 4.68 Å². The van der Waals surface area contributed by atoms with Crippen molar-refractivity contribution in [3.05, 3.63) is 15.7 Å². The topological polar surface area (TPSA) is 56.7 Å². The summed E-state index contributed by atoms with van der Waals surface area (Å²) in [5.41, 5.74) is 1.90. The number of hydrogen-bond acceptors (Lipinski definition) is 4. The highest BCUT2D eigenvalue weighted by molar-refractivity contribution is 14.1. The Morgan fingerprint density at radius 2 is 2.36 bits per heavy atom. The molecule has 0 saturated carbocycles. The van der Waals surface area contributed by atoms with Gasteiger partial charge in [0.15, 0.2) is 0 Å². The highest BCUT2D eigenvalue weighted by Gasteiger charge is 2.14. The summed E-state index contributed by atoms with van der Waals surface area (Å²) in [7, 11) is 1.88. The van der Waals surface area contributed by atoms with E-state index in [0.29, 0.717) is 9.72 Å². The van der Waals surface area contributed by atoms with Crippen LogP contribution in [0.25, 0.3) is 11.5 Å². The normalized spacial score (nSPS) is 10.8. The van der Waals surface area contributed by atoms with Crippen molar-refractivity contribution in [1.82, 2.24) is 19.9 Å². The Kier molecular flexibility index (Phi) is 2.53. The van der Waals surface area contributed by atoms with Crippen LogP contribution < -0.4 is 0 Å². The molecule has 14 heavy (non-hydrogen) atoms. The van der Waals surface area contributed by atoms with E-state index in [4.69, 9.17) is 4.52 Å². The average Bonchev–Trinajstić information content (AvgIpc) is 2.71. The van der Waals surface area contributed by atoms with E-state index in [1.807, 2.05) is 42.8 Å². The molecule has 0 N–H and O–H groups in total. The minimum Gasteiger partial charge on any atom is -0.333 e. The smallest absolute Gasteiger partial charge is 0.262 e. The molecule has 0 saturated heterocycles. The lowest BCUT2D eigenvalue weighted by Crippen LogP contribution is -1.89. The molecule has 0 spiro atoms. The number of hydrogen-bond donors (Lipinski definition) is 0. The number of nitrogens with zero attached hydrogens (tertiary/aromatic N) is 4. The van der Waals surface area contributed by atoms with Gasteiger partial charge in [0, 0.05) is 35.8 Å². The van der Waals surface area contributed by atoms with Crippen LogP contribution >= 0.6 is 22.6 Å². The van der Waals surface area contributed by atoms with Crippen LogP contribution in [0.3, 0.4) is 0 Å². The van der Waals surface area contributed by atoms with Gasteiger partial charge in [0.05, 0.1) is 11.3 Å². The molecule has 2 aromatic heterocycles. The molecule has 2 aromatic rings. The van der Waals surface area contributed by atoms with Crippen LogP contribution in [0.1, 0.15) is 12.6 Å². The Balaban J connectivity index is 2.49. The Bertz CT molecular complexity index is 448. The molecule has 0 aliphatic carbocycles. The fourth-order valence-electron chi connectivity index (χ4n) is 1.29. The summed E-state index contributed by atoms with van der Waals surface area (Å²) < 4.78 is 7.45. The molecule has 0 amide bonds. The lowest BCUT2D eigenvalue weighted by Gasteiger charge is -1.90. The second-order valence-corrected chi connectivity index (χ2v) is 3.85. The number of rotatable bonds is 2. The molecule has 0 radical (unpaired) electrons. The molecule has 74 valence electrons. The van der Waals surface area contributed by atoms with Gasteiger partial charge in [0.1, 0.15) is 0 Å². The van der Waals surface area contributed by atoms with Crippen LogP contribution in [-0.4, -0.2) is 19.9 Å². The second-order valence-electron chi connectivity index (χ2n) is 2.89. The molecule has 2 heterocycles. The van der Waals surface area contributed by atoms with E-state index < -0.39 is 0 Å². The van der Waals surface area contributed by atoms with Crippen molar-refractivity contribution in [3.8, 4) is 11.5 Å². The lowest BCUT2D eigenvalue weighted by molar-refractivity contribution is 0.425. The van der Waals surface area contributed by atoms with Gasteiger partial charge in [0.2, 0.25) is 3.83 Å². The maximum absolute atomic E-state index is 5.08. The number of aryl methyl sites for hydroxylation is 2. The Morgan fingerprint density at radius 3 is 2.93 bits per heavy atom. The number of aromatic nitrogens is 4. The average molecular weight is 304 g/mol. The summed E-state index contributed by atoms with van der Waals surface area (Å²) in [4.78, 5) is 4.16. The van der Waals surface area contributed by atoms with Gasteiger partial charge in [-0.05, 0) is 6.42 Å². The van der Waals surface area contributed by atoms with Crippen LogP contribution in [-0.2, 0) is 13.5 Å². The first-order chi connectivity index (χ1) is 6.70. The fraction of sp³-hybridized carbons (Fsp3) is 0.375. The van der Waals surface area contributed by atoms with Gasteiger partial charge in [-0.1, -0.05) is 12.1 Å². The van der Waals surface area contributed by atoms with Gasteiger partial charge in [-0.25, -0.2) is 0 Å². The minimum absolute atomic E-state index is 0.541. The molecule has 0 atom stereocenters. The molecule has 0 unspecified atom stereocenters. The predicted octanol–water partition coefficient (Wildman–Crippen LogP) is 1.64.